The standard InChI is InChI=1S/C39H32/c1-25(29-21-11-23-35-31-18-7-9-20-33(31)37(39(29)35)27-14-4-5-15-27)24-28-16-10-22-34-30-17-6-8-19-32(30)36(38(28)34)26-12-2-3-13-26/h2-12,14,16-23,25,36-37H,13,15,24H2,1H3. The Balaban J connectivity index is 1.23. The molecule has 0 aromatic heterocycles. The number of fused-ring (bicyclic) bond motifs is 6. The summed E-state index contributed by atoms with van der Waals surface area (Å²) in [5.41, 5.74) is 17.8. The summed E-state index contributed by atoms with van der Waals surface area (Å²) < 4.78 is 0. The lowest BCUT2D eigenvalue weighted by Gasteiger charge is -2.24. The summed E-state index contributed by atoms with van der Waals surface area (Å²) in [6.07, 6.45) is 16.9. The average molecular weight is 501 g/mol. The maximum atomic E-state index is 2.45. The Kier molecular flexibility index (Phi) is 5.23. The normalized spacial score (nSPS) is 20.3. The van der Waals surface area contributed by atoms with E-state index in [1.165, 1.54) is 66.8 Å². The fourth-order valence-corrected chi connectivity index (χ4v) is 7.80. The van der Waals surface area contributed by atoms with Crippen molar-refractivity contribution in [2.45, 2.75) is 43.9 Å². The molecular weight excluding hydrogens is 468 g/mol. The van der Waals surface area contributed by atoms with E-state index in [4.69, 9.17) is 0 Å². The fourth-order valence-electron chi connectivity index (χ4n) is 7.80. The predicted octanol–water partition coefficient (Wildman–Crippen LogP) is 10.0. The van der Waals surface area contributed by atoms with Crippen LogP contribution in [0.25, 0.3) is 22.3 Å². The molecule has 0 saturated heterocycles. The van der Waals surface area contributed by atoms with E-state index < -0.39 is 0 Å². The van der Waals surface area contributed by atoms with E-state index in [0.717, 1.165) is 19.3 Å². The van der Waals surface area contributed by atoms with Gasteiger partial charge in [0.15, 0.2) is 0 Å². The molecule has 39 heavy (non-hydrogen) atoms. The Morgan fingerprint density at radius 1 is 0.590 bits per heavy atom. The quantitative estimate of drug-likeness (QED) is 0.256. The molecule has 0 N–H and O–H groups in total. The van der Waals surface area contributed by atoms with Crippen molar-refractivity contribution in [3.05, 3.63) is 166 Å². The second-order valence-electron chi connectivity index (χ2n) is 11.6. The lowest BCUT2D eigenvalue weighted by Crippen LogP contribution is -2.10. The highest BCUT2D eigenvalue weighted by atomic mass is 14.4. The zero-order valence-electron chi connectivity index (χ0n) is 22.4. The Labute approximate surface area is 231 Å². The van der Waals surface area contributed by atoms with E-state index in [1.807, 2.05) is 0 Å². The van der Waals surface area contributed by atoms with Gasteiger partial charge in [0, 0.05) is 11.8 Å². The number of hydrogen-bond acceptors (Lipinski definition) is 0. The third kappa shape index (κ3) is 3.44. The minimum Gasteiger partial charge on any atom is -0.0804 e. The van der Waals surface area contributed by atoms with Crippen LogP contribution in [-0.4, -0.2) is 0 Å². The molecule has 0 radical (unpaired) electrons. The number of hydrogen-bond donors (Lipinski definition) is 0. The molecule has 4 aromatic rings. The monoisotopic (exact) mass is 500 g/mol. The molecule has 0 heterocycles. The summed E-state index contributed by atoms with van der Waals surface area (Å²) in [6, 6.07) is 32.2. The Hall–Kier alpha value is -4.16. The maximum Gasteiger partial charge on any atom is 0.0320 e. The second kappa shape index (κ2) is 8.95. The lowest BCUT2D eigenvalue weighted by molar-refractivity contribution is 0.733. The first-order chi connectivity index (χ1) is 19.3. The SMILES string of the molecule is CC(Cc1cccc2c1C(C1=CC=CC1)c1ccccc1-2)c1cccc2c1C(C1=CC=CC1)c1ccccc1-2. The molecule has 0 heteroatoms. The molecule has 0 nitrogen and oxygen atoms in total. The fraction of sp³-hybridized carbons (Fsp3) is 0.179. The van der Waals surface area contributed by atoms with Gasteiger partial charge in [0.25, 0.3) is 0 Å². The summed E-state index contributed by atoms with van der Waals surface area (Å²) in [7, 11) is 0. The summed E-state index contributed by atoms with van der Waals surface area (Å²) in [5.74, 6) is 1.14. The topological polar surface area (TPSA) is 0 Å². The first kappa shape index (κ1) is 22.8. The van der Waals surface area contributed by atoms with E-state index in [9.17, 15) is 0 Å². The van der Waals surface area contributed by atoms with Gasteiger partial charge in [0.2, 0.25) is 0 Å². The van der Waals surface area contributed by atoms with Gasteiger partial charge in [-0.3, -0.25) is 0 Å². The highest BCUT2D eigenvalue weighted by molar-refractivity contribution is 5.83. The number of benzene rings is 4. The lowest BCUT2D eigenvalue weighted by atomic mass is 9.79. The highest BCUT2D eigenvalue weighted by Gasteiger charge is 2.36. The predicted molar refractivity (Wildman–Crippen MR) is 163 cm³/mol. The van der Waals surface area contributed by atoms with Crippen LogP contribution in [0.15, 0.2) is 133 Å². The van der Waals surface area contributed by atoms with Crippen LogP contribution in [0, 0.1) is 0 Å². The van der Waals surface area contributed by atoms with Crippen molar-refractivity contribution >= 4 is 0 Å². The van der Waals surface area contributed by atoms with Crippen molar-refractivity contribution in [2.75, 3.05) is 0 Å². The van der Waals surface area contributed by atoms with Crippen molar-refractivity contribution in [1.82, 2.24) is 0 Å². The zero-order valence-corrected chi connectivity index (χ0v) is 22.4. The molecule has 0 aliphatic heterocycles. The van der Waals surface area contributed by atoms with Gasteiger partial charge in [-0.15, -0.1) is 0 Å². The summed E-state index contributed by atoms with van der Waals surface area (Å²) >= 11 is 0. The Morgan fingerprint density at radius 3 is 1.74 bits per heavy atom. The van der Waals surface area contributed by atoms with E-state index >= 15 is 0 Å². The van der Waals surface area contributed by atoms with Crippen molar-refractivity contribution in [1.29, 1.82) is 0 Å². The molecule has 0 bridgehead atoms. The van der Waals surface area contributed by atoms with Gasteiger partial charge < -0.3 is 0 Å². The van der Waals surface area contributed by atoms with Gasteiger partial charge in [-0.1, -0.05) is 139 Å². The zero-order chi connectivity index (χ0) is 25.9. The molecule has 0 saturated carbocycles. The summed E-state index contributed by atoms with van der Waals surface area (Å²) in [5, 5.41) is 0. The van der Waals surface area contributed by atoms with Crippen LogP contribution in [0.1, 0.15) is 70.9 Å². The van der Waals surface area contributed by atoms with E-state index in [0.29, 0.717) is 17.8 Å². The molecular formula is C39H32. The van der Waals surface area contributed by atoms with Gasteiger partial charge in [0.1, 0.15) is 0 Å². The minimum atomic E-state index is 0.359. The Morgan fingerprint density at radius 2 is 1.13 bits per heavy atom. The maximum absolute atomic E-state index is 2.45. The molecule has 4 aliphatic rings. The van der Waals surface area contributed by atoms with Crippen LogP contribution in [0.4, 0.5) is 0 Å². The largest absolute Gasteiger partial charge is 0.0804 e. The van der Waals surface area contributed by atoms with Gasteiger partial charge in [-0.2, -0.15) is 0 Å². The van der Waals surface area contributed by atoms with Gasteiger partial charge >= 0.3 is 0 Å². The van der Waals surface area contributed by atoms with Crippen LogP contribution in [0.5, 0.6) is 0 Å². The molecule has 0 fully saturated rings. The van der Waals surface area contributed by atoms with Crippen molar-refractivity contribution in [3.8, 4) is 22.3 Å². The van der Waals surface area contributed by atoms with Crippen LogP contribution in [-0.2, 0) is 6.42 Å². The van der Waals surface area contributed by atoms with Crippen molar-refractivity contribution in [2.24, 2.45) is 0 Å². The molecule has 0 amide bonds. The summed E-state index contributed by atoms with van der Waals surface area (Å²) in [6.45, 7) is 2.45. The first-order valence-electron chi connectivity index (χ1n) is 14.4. The third-order valence-corrected chi connectivity index (χ3v) is 9.44. The molecule has 3 atom stereocenters. The summed E-state index contributed by atoms with van der Waals surface area (Å²) in [4.78, 5) is 0. The molecule has 188 valence electrons. The smallest absolute Gasteiger partial charge is 0.0320 e. The second-order valence-corrected chi connectivity index (χ2v) is 11.6. The third-order valence-electron chi connectivity index (χ3n) is 9.44. The van der Waals surface area contributed by atoms with Crippen LogP contribution < -0.4 is 0 Å². The van der Waals surface area contributed by atoms with Crippen molar-refractivity contribution < 1.29 is 0 Å². The van der Waals surface area contributed by atoms with Gasteiger partial charge in [0.05, 0.1) is 0 Å². The first-order valence-corrected chi connectivity index (χ1v) is 14.4. The molecule has 4 aromatic carbocycles. The number of rotatable bonds is 5. The van der Waals surface area contributed by atoms with E-state index in [2.05, 4.69) is 128 Å². The Bertz CT molecular complexity index is 1750. The molecule has 3 unspecified atom stereocenters. The van der Waals surface area contributed by atoms with E-state index in [1.54, 1.807) is 0 Å². The average Bonchev–Trinajstić information content (AvgIpc) is 3.78. The molecule has 8 rings (SSSR count). The molecule has 4 aliphatic carbocycles. The van der Waals surface area contributed by atoms with Crippen LogP contribution >= 0.6 is 0 Å². The minimum absolute atomic E-state index is 0.359. The molecule has 0 spiro atoms. The van der Waals surface area contributed by atoms with Gasteiger partial charge in [-0.05, 0) is 80.8 Å². The van der Waals surface area contributed by atoms with Crippen molar-refractivity contribution in [3.63, 3.8) is 0 Å². The number of allylic oxidation sites excluding steroid dienone is 8. The van der Waals surface area contributed by atoms with Crippen LogP contribution in [0.2, 0.25) is 0 Å². The van der Waals surface area contributed by atoms with Crippen LogP contribution in [0.3, 0.4) is 0 Å². The van der Waals surface area contributed by atoms with Gasteiger partial charge in [-0.25, -0.2) is 0 Å². The highest BCUT2D eigenvalue weighted by Crippen LogP contribution is 2.54. The van der Waals surface area contributed by atoms with E-state index in [-0.39, 0.29) is 0 Å².